The minimum absolute atomic E-state index is 0.192. The summed E-state index contributed by atoms with van der Waals surface area (Å²) < 4.78 is 0.829. The number of carbonyl (C=O) groups is 2. The molecular formula is C16H16BrN3O3. The highest BCUT2D eigenvalue weighted by Crippen LogP contribution is 2.39. The second kappa shape index (κ2) is 6.54. The predicted octanol–water partition coefficient (Wildman–Crippen LogP) is 3.00. The number of nitrogens with one attached hydrogen (secondary N) is 2. The van der Waals surface area contributed by atoms with E-state index in [0.717, 1.165) is 28.6 Å². The summed E-state index contributed by atoms with van der Waals surface area (Å²) in [4.78, 5) is 23.5. The zero-order valence-electron chi connectivity index (χ0n) is 12.3. The molecule has 2 aromatic rings. The number of benzene rings is 1. The maximum atomic E-state index is 12.4. The van der Waals surface area contributed by atoms with E-state index in [-0.39, 0.29) is 18.0 Å². The molecule has 1 amide bonds. The molecule has 1 fully saturated rings. The summed E-state index contributed by atoms with van der Waals surface area (Å²) in [6.45, 7) is 0. The Balaban J connectivity index is 1.76. The van der Waals surface area contributed by atoms with Crippen molar-refractivity contribution in [2.24, 2.45) is 0 Å². The van der Waals surface area contributed by atoms with E-state index in [0.29, 0.717) is 5.92 Å². The molecule has 1 aromatic heterocycles. The summed E-state index contributed by atoms with van der Waals surface area (Å²) in [5, 5.41) is 18.8. The molecule has 1 unspecified atom stereocenters. The van der Waals surface area contributed by atoms with E-state index in [1.807, 2.05) is 6.07 Å². The summed E-state index contributed by atoms with van der Waals surface area (Å²) >= 11 is 3.36. The lowest BCUT2D eigenvalue weighted by molar-refractivity contribution is -0.137. The Bertz CT molecular complexity index is 740. The van der Waals surface area contributed by atoms with Gasteiger partial charge in [0.15, 0.2) is 0 Å². The number of hydrogen-bond donors (Lipinski definition) is 3. The molecule has 0 bridgehead atoms. The van der Waals surface area contributed by atoms with Crippen molar-refractivity contribution in [3.8, 4) is 0 Å². The number of H-pyrrole nitrogens is 1. The van der Waals surface area contributed by atoms with Gasteiger partial charge in [0.05, 0.1) is 12.5 Å². The van der Waals surface area contributed by atoms with E-state index < -0.39 is 12.0 Å². The van der Waals surface area contributed by atoms with Crippen LogP contribution in [0, 0.1) is 0 Å². The van der Waals surface area contributed by atoms with Gasteiger partial charge in [0.25, 0.3) is 5.91 Å². The van der Waals surface area contributed by atoms with Crippen LogP contribution in [0.3, 0.4) is 0 Å². The van der Waals surface area contributed by atoms with Crippen LogP contribution in [0.5, 0.6) is 0 Å². The second-order valence-corrected chi connectivity index (χ2v) is 6.58. The van der Waals surface area contributed by atoms with Crippen molar-refractivity contribution in [3.05, 3.63) is 51.8 Å². The first-order valence-electron chi connectivity index (χ1n) is 7.36. The zero-order valence-corrected chi connectivity index (χ0v) is 13.8. The van der Waals surface area contributed by atoms with Crippen molar-refractivity contribution in [3.63, 3.8) is 0 Å². The lowest BCUT2D eigenvalue weighted by Crippen LogP contribution is -2.30. The second-order valence-electron chi connectivity index (χ2n) is 5.66. The van der Waals surface area contributed by atoms with Crippen LogP contribution in [0.1, 0.15) is 53.0 Å². The zero-order chi connectivity index (χ0) is 16.4. The largest absolute Gasteiger partial charge is 0.481 e. The third-order valence-corrected chi connectivity index (χ3v) is 4.28. The lowest BCUT2D eigenvalue weighted by atomic mass is 10.0. The maximum absolute atomic E-state index is 12.4. The highest BCUT2D eigenvalue weighted by atomic mass is 79.9. The molecule has 1 aromatic carbocycles. The standard InChI is InChI=1S/C16H16BrN3O3/c17-11-3-1-2-10(6-11)12(8-15(21)22)18-16(23)14-7-13(19-20-14)9-4-5-9/h1-3,6-7,9,12H,4-5,8H2,(H,18,23)(H,19,20)(H,21,22). The fraction of sp³-hybridized carbons (Fsp3) is 0.312. The number of rotatable bonds is 6. The molecule has 120 valence electrons. The summed E-state index contributed by atoms with van der Waals surface area (Å²) in [7, 11) is 0. The van der Waals surface area contributed by atoms with Gasteiger partial charge in [-0.25, -0.2) is 0 Å². The van der Waals surface area contributed by atoms with Crippen LogP contribution in [0.2, 0.25) is 0 Å². The van der Waals surface area contributed by atoms with E-state index in [2.05, 4.69) is 31.4 Å². The molecule has 23 heavy (non-hydrogen) atoms. The first kappa shape index (κ1) is 15.7. The topological polar surface area (TPSA) is 95.1 Å². The number of aromatic amines is 1. The van der Waals surface area contributed by atoms with Crippen molar-refractivity contribution in [2.45, 2.75) is 31.2 Å². The van der Waals surface area contributed by atoms with Crippen LogP contribution in [-0.2, 0) is 4.79 Å². The number of nitrogens with zero attached hydrogens (tertiary/aromatic N) is 1. The third kappa shape index (κ3) is 3.98. The molecule has 1 atom stereocenters. The van der Waals surface area contributed by atoms with Gasteiger partial charge in [0.1, 0.15) is 5.69 Å². The van der Waals surface area contributed by atoms with Gasteiger partial charge in [0.2, 0.25) is 0 Å². The molecule has 0 saturated heterocycles. The highest BCUT2D eigenvalue weighted by molar-refractivity contribution is 9.10. The number of carboxylic acids is 1. The predicted molar refractivity (Wildman–Crippen MR) is 87.2 cm³/mol. The minimum Gasteiger partial charge on any atom is -0.481 e. The van der Waals surface area contributed by atoms with Crippen molar-refractivity contribution in [1.82, 2.24) is 15.5 Å². The molecular weight excluding hydrogens is 362 g/mol. The first-order valence-corrected chi connectivity index (χ1v) is 8.15. The first-order chi connectivity index (χ1) is 11.0. The number of hydrogen-bond acceptors (Lipinski definition) is 3. The van der Waals surface area contributed by atoms with Gasteiger partial charge >= 0.3 is 5.97 Å². The summed E-state index contributed by atoms with van der Waals surface area (Å²) in [6, 6.07) is 8.37. The van der Waals surface area contributed by atoms with Crippen LogP contribution < -0.4 is 5.32 Å². The van der Waals surface area contributed by atoms with Crippen molar-refractivity contribution in [2.75, 3.05) is 0 Å². The Labute approximate surface area is 141 Å². The molecule has 1 aliphatic rings. The Morgan fingerprint density at radius 3 is 2.83 bits per heavy atom. The van der Waals surface area contributed by atoms with Crippen LogP contribution >= 0.6 is 15.9 Å². The van der Waals surface area contributed by atoms with Crippen molar-refractivity contribution >= 4 is 27.8 Å². The van der Waals surface area contributed by atoms with E-state index in [1.165, 1.54) is 0 Å². The number of aromatic nitrogens is 2. The summed E-state index contributed by atoms with van der Waals surface area (Å²) in [5.74, 6) is -0.876. The molecule has 1 heterocycles. The van der Waals surface area contributed by atoms with Crippen LogP contribution in [0.25, 0.3) is 0 Å². The third-order valence-electron chi connectivity index (χ3n) is 3.78. The smallest absolute Gasteiger partial charge is 0.305 e. The Morgan fingerprint density at radius 1 is 1.39 bits per heavy atom. The Hall–Kier alpha value is -2.15. The average Bonchev–Trinajstić information content (AvgIpc) is 3.23. The van der Waals surface area contributed by atoms with Gasteiger partial charge in [-0.05, 0) is 36.6 Å². The molecule has 6 nitrogen and oxygen atoms in total. The van der Waals surface area contributed by atoms with Gasteiger partial charge in [-0.1, -0.05) is 28.1 Å². The van der Waals surface area contributed by atoms with Crippen LogP contribution in [0.4, 0.5) is 0 Å². The normalized spacial score (nSPS) is 15.2. The van der Waals surface area contributed by atoms with E-state index in [4.69, 9.17) is 5.11 Å². The minimum atomic E-state index is -0.976. The van der Waals surface area contributed by atoms with Crippen LogP contribution in [-0.4, -0.2) is 27.2 Å². The van der Waals surface area contributed by atoms with E-state index >= 15 is 0 Å². The average molecular weight is 378 g/mol. The van der Waals surface area contributed by atoms with E-state index in [9.17, 15) is 9.59 Å². The number of halogens is 1. The SMILES string of the molecule is O=C(O)CC(NC(=O)c1cc(C2CC2)[nH]n1)c1cccc(Br)c1. The molecule has 0 radical (unpaired) electrons. The number of carbonyl (C=O) groups excluding carboxylic acids is 1. The molecule has 0 aliphatic heterocycles. The van der Waals surface area contributed by atoms with Gasteiger partial charge in [-0.15, -0.1) is 0 Å². The van der Waals surface area contributed by atoms with Gasteiger partial charge < -0.3 is 10.4 Å². The van der Waals surface area contributed by atoms with Crippen LogP contribution in [0.15, 0.2) is 34.8 Å². The molecule has 3 N–H and O–H groups in total. The number of carboxylic acid groups (broad SMARTS) is 1. The van der Waals surface area contributed by atoms with E-state index in [1.54, 1.807) is 24.3 Å². The molecule has 1 aliphatic carbocycles. The Morgan fingerprint density at radius 2 is 2.17 bits per heavy atom. The number of aliphatic carboxylic acids is 1. The monoisotopic (exact) mass is 377 g/mol. The van der Waals surface area contributed by atoms with Gasteiger partial charge in [0, 0.05) is 16.1 Å². The fourth-order valence-corrected chi connectivity index (χ4v) is 2.86. The summed E-state index contributed by atoms with van der Waals surface area (Å²) in [6.07, 6.45) is 2.04. The van der Waals surface area contributed by atoms with Gasteiger partial charge in [-0.3, -0.25) is 14.7 Å². The Kier molecular flexibility index (Phi) is 4.47. The molecule has 3 rings (SSSR count). The molecule has 0 spiro atoms. The maximum Gasteiger partial charge on any atom is 0.305 e. The van der Waals surface area contributed by atoms with Crippen molar-refractivity contribution < 1.29 is 14.7 Å². The summed E-state index contributed by atoms with van der Waals surface area (Å²) in [5.41, 5.74) is 1.98. The fourth-order valence-electron chi connectivity index (χ4n) is 2.44. The number of amides is 1. The van der Waals surface area contributed by atoms with Gasteiger partial charge in [-0.2, -0.15) is 5.10 Å². The molecule has 7 heteroatoms. The van der Waals surface area contributed by atoms with Crippen molar-refractivity contribution in [1.29, 1.82) is 0 Å². The lowest BCUT2D eigenvalue weighted by Gasteiger charge is -2.17. The molecule has 1 saturated carbocycles. The highest BCUT2D eigenvalue weighted by Gasteiger charge is 2.27. The quantitative estimate of drug-likeness (QED) is 0.720.